The van der Waals surface area contributed by atoms with Gasteiger partial charge in [-0.3, -0.25) is 4.79 Å². The summed E-state index contributed by atoms with van der Waals surface area (Å²) in [6.45, 7) is 2.05. The maximum Gasteiger partial charge on any atom is 0.244 e. The lowest BCUT2D eigenvalue weighted by Gasteiger charge is -2.39. The van der Waals surface area contributed by atoms with E-state index in [1.807, 2.05) is 0 Å². The van der Waals surface area contributed by atoms with Gasteiger partial charge in [0.15, 0.2) is 0 Å². The van der Waals surface area contributed by atoms with Gasteiger partial charge in [-0.1, -0.05) is 18.5 Å². The van der Waals surface area contributed by atoms with Crippen LogP contribution in [0.25, 0.3) is 0 Å². The molecule has 1 N–H and O–H groups in total. The molecule has 1 aromatic rings. The Kier molecular flexibility index (Phi) is 3.83. The van der Waals surface area contributed by atoms with Crippen molar-refractivity contribution in [2.75, 3.05) is 5.32 Å². The van der Waals surface area contributed by atoms with E-state index in [1.54, 1.807) is 18.2 Å². The molecule has 94 valence electrons. The fourth-order valence-corrected chi connectivity index (χ4v) is 3.30. The van der Waals surface area contributed by atoms with Gasteiger partial charge in [-0.25, -0.2) is 0 Å². The molecular weight excluding hydrogens is 363 g/mol. The molecular formula is C13H12ClIN2O. The number of rotatable bonds is 2. The molecule has 1 aromatic carbocycles. The van der Waals surface area contributed by atoms with Crippen molar-refractivity contribution in [3.8, 4) is 6.07 Å². The SMILES string of the molecule is CC1CC(C#N)(C(=O)Nc2ccc(Cl)cc2I)C1. The van der Waals surface area contributed by atoms with Crippen molar-refractivity contribution < 1.29 is 4.79 Å². The van der Waals surface area contributed by atoms with Gasteiger partial charge in [0.05, 0.1) is 11.8 Å². The van der Waals surface area contributed by atoms with Gasteiger partial charge in [0.1, 0.15) is 5.41 Å². The fraction of sp³-hybridized carbons (Fsp3) is 0.385. The minimum Gasteiger partial charge on any atom is -0.324 e. The minimum atomic E-state index is -0.845. The Bertz CT molecular complexity index is 532. The van der Waals surface area contributed by atoms with E-state index in [0.29, 0.717) is 29.5 Å². The number of amides is 1. The number of carbonyl (C=O) groups excluding carboxylic acids is 1. The highest BCUT2D eigenvalue weighted by Gasteiger charge is 2.49. The molecule has 0 atom stereocenters. The predicted molar refractivity (Wildman–Crippen MR) is 79.2 cm³/mol. The van der Waals surface area contributed by atoms with Crippen LogP contribution in [0.5, 0.6) is 0 Å². The number of nitrogens with one attached hydrogen (secondary N) is 1. The zero-order valence-electron chi connectivity index (χ0n) is 9.84. The van der Waals surface area contributed by atoms with E-state index in [0.717, 1.165) is 3.57 Å². The summed E-state index contributed by atoms with van der Waals surface area (Å²) in [6.07, 6.45) is 1.28. The number of halogens is 2. The van der Waals surface area contributed by atoms with Crippen molar-refractivity contribution in [3.63, 3.8) is 0 Å². The van der Waals surface area contributed by atoms with Crippen LogP contribution >= 0.6 is 34.2 Å². The summed E-state index contributed by atoms with van der Waals surface area (Å²) in [5, 5.41) is 12.6. The van der Waals surface area contributed by atoms with Gasteiger partial charge in [0, 0.05) is 8.59 Å². The molecule has 1 aliphatic carbocycles. The van der Waals surface area contributed by atoms with Crippen LogP contribution in [-0.4, -0.2) is 5.91 Å². The predicted octanol–water partition coefficient (Wildman–Crippen LogP) is 3.82. The number of anilines is 1. The van der Waals surface area contributed by atoms with E-state index in [-0.39, 0.29) is 5.91 Å². The van der Waals surface area contributed by atoms with Crippen molar-refractivity contribution in [2.45, 2.75) is 19.8 Å². The first kappa shape index (κ1) is 13.6. The molecule has 0 spiro atoms. The summed E-state index contributed by atoms with van der Waals surface area (Å²) in [5.41, 5.74) is -0.138. The highest BCUT2D eigenvalue weighted by molar-refractivity contribution is 14.1. The summed E-state index contributed by atoms with van der Waals surface area (Å²) in [6, 6.07) is 7.42. The second kappa shape index (κ2) is 5.06. The lowest BCUT2D eigenvalue weighted by molar-refractivity contribution is -0.128. The molecule has 1 fully saturated rings. The third-order valence-corrected chi connectivity index (χ3v) is 4.35. The molecule has 0 heterocycles. The molecule has 18 heavy (non-hydrogen) atoms. The summed E-state index contributed by atoms with van der Waals surface area (Å²) in [4.78, 5) is 12.2. The Labute approximate surface area is 125 Å². The normalized spacial score (nSPS) is 26.0. The number of nitrogens with zero attached hydrogens (tertiary/aromatic N) is 1. The molecule has 0 unspecified atom stereocenters. The zero-order chi connectivity index (χ0) is 13.3. The van der Waals surface area contributed by atoms with E-state index < -0.39 is 5.41 Å². The molecule has 0 bridgehead atoms. The lowest BCUT2D eigenvalue weighted by atomic mass is 9.63. The summed E-state index contributed by atoms with van der Waals surface area (Å²) in [7, 11) is 0. The second-order valence-electron chi connectivity index (χ2n) is 4.79. The van der Waals surface area contributed by atoms with E-state index in [2.05, 4.69) is 40.9 Å². The average Bonchev–Trinajstić information content (AvgIpc) is 2.28. The van der Waals surface area contributed by atoms with Gasteiger partial charge in [0.2, 0.25) is 5.91 Å². The van der Waals surface area contributed by atoms with E-state index in [4.69, 9.17) is 11.6 Å². The Morgan fingerprint density at radius 3 is 2.78 bits per heavy atom. The molecule has 1 aliphatic rings. The molecule has 0 aliphatic heterocycles. The summed E-state index contributed by atoms with van der Waals surface area (Å²) in [5.74, 6) is 0.239. The first-order valence-corrected chi connectivity index (χ1v) is 7.10. The number of benzene rings is 1. The van der Waals surface area contributed by atoms with Crippen LogP contribution in [0.2, 0.25) is 5.02 Å². The molecule has 0 saturated heterocycles. The largest absolute Gasteiger partial charge is 0.324 e. The number of hydrogen-bond acceptors (Lipinski definition) is 2. The molecule has 1 amide bonds. The highest BCUT2D eigenvalue weighted by Crippen LogP contribution is 2.45. The van der Waals surface area contributed by atoms with Crippen molar-refractivity contribution in [2.24, 2.45) is 11.3 Å². The minimum absolute atomic E-state index is 0.205. The van der Waals surface area contributed by atoms with E-state index in [9.17, 15) is 10.1 Å². The van der Waals surface area contributed by atoms with Gasteiger partial charge < -0.3 is 5.32 Å². The van der Waals surface area contributed by atoms with Gasteiger partial charge in [-0.15, -0.1) is 0 Å². The van der Waals surface area contributed by atoms with Crippen molar-refractivity contribution in [3.05, 3.63) is 26.8 Å². The van der Waals surface area contributed by atoms with E-state index in [1.165, 1.54) is 0 Å². The first-order chi connectivity index (χ1) is 8.47. The first-order valence-electron chi connectivity index (χ1n) is 5.64. The standard InChI is InChI=1S/C13H12ClIN2O/c1-8-5-13(6-8,7-16)12(18)17-11-3-2-9(14)4-10(11)15/h2-4,8H,5-6H2,1H3,(H,17,18). The van der Waals surface area contributed by atoms with Crippen molar-refractivity contribution >= 4 is 45.8 Å². The molecule has 0 aromatic heterocycles. The lowest BCUT2D eigenvalue weighted by Crippen LogP contribution is -2.45. The fourth-order valence-electron chi connectivity index (χ4n) is 2.29. The molecule has 2 rings (SSSR count). The van der Waals surface area contributed by atoms with Crippen LogP contribution in [-0.2, 0) is 4.79 Å². The molecule has 5 heteroatoms. The topological polar surface area (TPSA) is 52.9 Å². The number of nitriles is 1. The average molecular weight is 375 g/mol. The zero-order valence-corrected chi connectivity index (χ0v) is 12.7. The van der Waals surface area contributed by atoms with Gasteiger partial charge in [0.25, 0.3) is 0 Å². The highest BCUT2D eigenvalue weighted by atomic mass is 127. The van der Waals surface area contributed by atoms with Crippen LogP contribution in [0.15, 0.2) is 18.2 Å². The van der Waals surface area contributed by atoms with Gasteiger partial charge in [-0.05, 0) is 59.5 Å². The smallest absolute Gasteiger partial charge is 0.244 e. The van der Waals surface area contributed by atoms with Crippen LogP contribution < -0.4 is 5.32 Å². The maximum atomic E-state index is 12.2. The summed E-state index contributed by atoms with van der Waals surface area (Å²) < 4.78 is 0.869. The second-order valence-corrected chi connectivity index (χ2v) is 6.38. The van der Waals surface area contributed by atoms with Gasteiger partial charge in [-0.2, -0.15) is 5.26 Å². The third-order valence-electron chi connectivity index (χ3n) is 3.22. The van der Waals surface area contributed by atoms with Crippen molar-refractivity contribution in [1.82, 2.24) is 0 Å². The van der Waals surface area contributed by atoms with E-state index >= 15 is 0 Å². The monoisotopic (exact) mass is 374 g/mol. The Hall–Kier alpha value is -0.800. The van der Waals surface area contributed by atoms with Crippen LogP contribution in [0, 0.1) is 26.2 Å². The number of hydrogen-bond donors (Lipinski definition) is 1. The third kappa shape index (κ3) is 2.47. The van der Waals surface area contributed by atoms with Gasteiger partial charge >= 0.3 is 0 Å². The Morgan fingerprint density at radius 2 is 2.28 bits per heavy atom. The van der Waals surface area contributed by atoms with Crippen LogP contribution in [0.1, 0.15) is 19.8 Å². The van der Waals surface area contributed by atoms with Crippen LogP contribution in [0.3, 0.4) is 0 Å². The maximum absolute atomic E-state index is 12.2. The van der Waals surface area contributed by atoms with Crippen molar-refractivity contribution in [1.29, 1.82) is 5.26 Å². The summed E-state index contributed by atoms with van der Waals surface area (Å²) >= 11 is 7.97. The van der Waals surface area contributed by atoms with Crippen LogP contribution in [0.4, 0.5) is 5.69 Å². The number of carbonyl (C=O) groups is 1. The Balaban J connectivity index is 2.15. The quantitative estimate of drug-likeness (QED) is 0.800. The Morgan fingerprint density at radius 1 is 1.61 bits per heavy atom. The molecule has 3 nitrogen and oxygen atoms in total. The molecule has 0 radical (unpaired) electrons. The molecule has 1 saturated carbocycles.